The van der Waals surface area contributed by atoms with Crippen LogP contribution in [0.15, 0.2) is 0 Å². The molecule has 0 aromatic carbocycles. The molecule has 0 aromatic heterocycles. The summed E-state index contributed by atoms with van der Waals surface area (Å²) in [4.78, 5) is 13.4. The average Bonchev–Trinajstić information content (AvgIpc) is 2.64. The van der Waals surface area contributed by atoms with Crippen molar-refractivity contribution >= 4 is 5.91 Å². The summed E-state index contributed by atoms with van der Waals surface area (Å²) in [6.07, 6.45) is 6.59. The van der Waals surface area contributed by atoms with Crippen LogP contribution >= 0.6 is 0 Å². The zero-order chi connectivity index (χ0) is 12.7. The Bertz CT molecular complexity index is 280. The smallest absolute Gasteiger partial charge is 0.224 e. The molecule has 1 atom stereocenters. The standard InChI is InChI=1S/C14H24N2O/c1-12(2)7-5-3-4-6-8-16-11-13(10-15)9-14(16)17/h12-13H,3-9,11H2,1-2H3. The van der Waals surface area contributed by atoms with Crippen LogP contribution in [0.5, 0.6) is 0 Å². The van der Waals surface area contributed by atoms with Crippen LogP contribution in [0.25, 0.3) is 0 Å². The zero-order valence-corrected chi connectivity index (χ0v) is 11.1. The Labute approximate surface area is 105 Å². The number of likely N-dealkylation sites (tertiary alicyclic amines) is 1. The minimum Gasteiger partial charge on any atom is -0.341 e. The summed E-state index contributed by atoms with van der Waals surface area (Å²) in [5.74, 6) is 0.897. The number of hydrogen-bond donors (Lipinski definition) is 0. The van der Waals surface area contributed by atoms with Crippen molar-refractivity contribution in [1.29, 1.82) is 5.26 Å². The first kappa shape index (κ1) is 14.0. The molecule has 0 N–H and O–H groups in total. The van der Waals surface area contributed by atoms with Gasteiger partial charge in [0.1, 0.15) is 0 Å². The van der Waals surface area contributed by atoms with Crippen LogP contribution in [0.4, 0.5) is 0 Å². The molecule has 1 amide bonds. The van der Waals surface area contributed by atoms with E-state index in [1.165, 1.54) is 25.7 Å². The highest BCUT2D eigenvalue weighted by Gasteiger charge is 2.28. The van der Waals surface area contributed by atoms with Crippen molar-refractivity contribution < 1.29 is 4.79 Å². The highest BCUT2D eigenvalue weighted by molar-refractivity contribution is 5.79. The molecule has 0 saturated carbocycles. The van der Waals surface area contributed by atoms with Crippen molar-refractivity contribution in [3.63, 3.8) is 0 Å². The van der Waals surface area contributed by atoms with E-state index in [2.05, 4.69) is 19.9 Å². The number of carbonyl (C=O) groups is 1. The van der Waals surface area contributed by atoms with Gasteiger partial charge in [-0.25, -0.2) is 0 Å². The van der Waals surface area contributed by atoms with Gasteiger partial charge in [-0.3, -0.25) is 4.79 Å². The van der Waals surface area contributed by atoms with Gasteiger partial charge in [0.2, 0.25) is 5.91 Å². The van der Waals surface area contributed by atoms with E-state index in [1.807, 2.05) is 4.90 Å². The predicted octanol–water partition coefficient (Wildman–Crippen LogP) is 2.96. The fourth-order valence-corrected chi connectivity index (χ4v) is 2.28. The fourth-order valence-electron chi connectivity index (χ4n) is 2.28. The molecule has 96 valence electrons. The monoisotopic (exact) mass is 236 g/mol. The molecule has 0 spiro atoms. The van der Waals surface area contributed by atoms with Crippen LogP contribution in [0.2, 0.25) is 0 Å². The summed E-state index contributed by atoms with van der Waals surface area (Å²) in [5, 5.41) is 8.77. The summed E-state index contributed by atoms with van der Waals surface area (Å²) >= 11 is 0. The van der Waals surface area contributed by atoms with Gasteiger partial charge in [0.25, 0.3) is 0 Å². The summed E-state index contributed by atoms with van der Waals surface area (Å²) < 4.78 is 0. The SMILES string of the molecule is CC(C)CCCCCCN1CC(C#N)CC1=O. The first-order valence-corrected chi connectivity index (χ1v) is 6.81. The van der Waals surface area contributed by atoms with Crippen molar-refractivity contribution in [1.82, 2.24) is 4.90 Å². The van der Waals surface area contributed by atoms with Gasteiger partial charge in [-0.2, -0.15) is 5.26 Å². The first-order valence-electron chi connectivity index (χ1n) is 6.81. The Morgan fingerprint density at radius 3 is 2.65 bits per heavy atom. The molecule has 1 fully saturated rings. The molecule has 1 heterocycles. The number of hydrogen-bond acceptors (Lipinski definition) is 2. The van der Waals surface area contributed by atoms with Crippen LogP contribution in [0.3, 0.4) is 0 Å². The minimum absolute atomic E-state index is 0.0663. The molecule has 0 bridgehead atoms. The van der Waals surface area contributed by atoms with E-state index in [0.717, 1.165) is 18.9 Å². The molecule has 1 rings (SSSR count). The molecule has 0 aromatic rings. The highest BCUT2D eigenvalue weighted by atomic mass is 16.2. The Hall–Kier alpha value is -1.04. The quantitative estimate of drug-likeness (QED) is 0.638. The molecule has 3 heteroatoms. The molecule has 1 aliphatic rings. The minimum atomic E-state index is -0.0663. The van der Waals surface area contributed by atoms with Crippen LogP contribution in [0.1, 0.15) is 52.4 Å². The molecule has 1 aliphatic heterocycles. The van der Waals surface area contributed by atoms with Gasteiger partial charge < -0.3 is 4.90 Å². The lowest BCUT2D eigenvalue weighted by atomic mass is 10.0. The number of nitriles is 1. The molecule has 0 aliphatic carbocycles. The Balaban J connectivity index is 2.04. The molecule has 17 heavy (non-hydrogen) atoms. The molecule has 1 unspecified atom stereocenters. The van der Waals surface area contributed by atoms with E-state index in [0.29, 0.717) is 13.0 Å². The number of rotatable bonds is 7. The van der Waals surface area contributed by atoms with Gasteiger partial charge in [-0.05, 0) is 12.3 Å². The number of carbonyl (C=O) groups excluding carboxylic acids is 1. The largest absolute Gasteiger partial charge is 0.341 e. The summed E-state index contributed by atoms with van der Waals surface area (Å²) in [6.45, 7) is 6.01. The van der Waals surface area contributed by atoms with Gasteiger partial charge in [0.05, 0.1) is 12.0 Å². The number of unbranched alkanes of at least 4 members (excludes halogenated alkanes) is 3. The lowest BCUT2D eigenvalue weighted by Crippen LogP contribution is -2.26. The molecular formula is C14H24N2O. The number of amides is 1. The maximum atomic E-state index is 11.5. The van der Waals surface area contributed by atoms with E-state index >= 15 is 0 Å². The van der Waals surface area contributed by atoms with Gasteiger partial charge in [-0.15, -0.1) is 0 Å². The maximum absolute atomic E-state index is 11.5. The Morgan fingerprint density at radius 1 is 1.35 bits per heavy atom. The van der Waals surface area contributed by atoms with Gasteiger partial charge in [0, 0.05) is 19.5 Å². The van der Waals surface area contributed by atoms with Crippen molar-refractivity contribution in [2.45, 2.75) is 52.4 Å². The molecule has 1 saturated heterocycles. The van der Waals surface area contributed by atoms with E-state index in [1.54, 1.807) is 0 Å². The Kier molecular flexibility index (Phi) is 6.04. The second kappa shape index (κ2) is 7.32. The van der Waals surface area contributed by atoms with Gasteiger partial charge in [-0.1, -0.05) is 39.5 Å². The number of nitrogens with zero attached hydrogens (tertiary/aromatic N) is 2. The third-order valence-corrected chi connectivity index (χ3v) is 3.36. The predicted molar refractivity (Wildman–Crippen MR) is 68.2 cm³/mol. The van der Waals surface area contributed by atoms with Gasteiger partial charge in [0.15, 0.2) is 0 Å². The van der Waals surface area contributed by atoms with E-state index in [4.69, 9.17) is 5.26 Å². The molecule has 3 nitrogen and oxygen atoms in total. The lowest BCUT2D eigenvalue weighted by molar-refractivity contribution is -0.127. The lowest BCUT2D eigenvalue weighted by Gasteiger charge is -2.15. The van der Waals surface area contributed by atoms with Crippen molar-refractivity contribution in [2.24, 2.45) is 11.8 Å². The molecule has 0 radical (unpaired) electrons. The van der Waals surface area contributed by atoms with E-state index < -0.39 is 0 Å². The summed E-state index contributed by atoms with van der Waals surface area (Å²) in [6, 6.07) is 2.18. The first-order chi connectivity index (χ1) is 8.13. The molecular weight excluding hydrogens is 212 g/mol. The maximum Gasteiger partial charge on any atom is 0.224 e. The van der Waals surface area contributed by atoms with E-state index in [-0.39, 0.29) is 11.8 Å². The average molecular weight is 236 g/mol. The van der Waals surface area contributed by atoms with Gasteiger partial charge >= 0.3 is 0 Å². The zero-order valence-electron chi connectivity index (χ0n) is 11.1. The Morgan fingerprint density at radius 2 is 2.06 bits per heavy atom. The van der Waals surface area contributed by atoms with Crippen LogP contribution in [0, 0.1) is 23.2 Å². The highest BCUT2D eigenvalue weighted by Crippen LogP contribution is 2.17. The van der Waals surface area contributed by atoms with Crippen molar-refractivity contribution in [2.75, 3.05) is 13.1 Å². The third kappa shape index (κ3) is 5.21. The fraction of sp³-hybridized carbons (Fsp3) is 0.857. The van der Waals surface area contributed by atoms with Crippen LogP contribution in [-0.4, -0.2) is 23.9 Å². The van der Waals surface area contributed by atoms with Crippen molar-refractivity contribution in [3.8, 4) is 6.07 Å². The normalized spacial score (nSPS) is 20.0. The van der Waals surface area contributed by atoms with E-state index in [9.17, 15) is 4.79 Å². The third-order valence-electron chi connectivity index (χ3n) is 3.36. The van der Waals surface area contributed by atoms with Crippen LogP contribution < -0.4 is 0 Å². The second-order valence-corrected chi connectivity index (χ2v) is 5.47. The van der Waals surface area contributed by atoms with Crippen LogP contribution in [-0.2, 0) is 4.79 Å². The second-order valence-electron chi connectivity index (χ2n) is 5.47. The summed E-state index contributed by atoms with van der Waals surface area (Å²) in [5.41, 5.74) is 0. The van der Waals surface area contributed by atoms with Crippen molar-refractivity contribution in [3.05, 3.63) is 0 Å². The topological polar surface area (TPSA) is 44.1 Å². The summed E-state index contributed by atoms with van der Waals surface area (Å²) in [7, 11) is 0.